The van der Waals surface area contributed by atoms with Gasteiger partial charge in [0.15, 0.2) is 11.5 Å². The van der Waals surface area contributed by atoms with Crippen molar-refractivity contribution in [2.24, 2.45) is 0 Å². The number of methoxy groups -OCH3 is 1. The second-order valence-corrected chi connectivity index (χ2v) is 5.54. The first-order valence-electron chi connectivity index (χ1n) is 7.33. The van der Waals surface area contributed by atoms with Crippen molar-refractivity contribution in [1.29, 1.82) is 0 Å². The molecule has 0 saturated heterocycles. The van der Waals surface area contributed by atoms with E-state index < -0.39 is 0 Å². The zero-order chi connectivity index (χ0) is 17.5. The van der Waals surface area contributed by atoms with Gasteiger partial charge in [-0.05, 0) is 31.2 Å². The second-order valence-electron chi connectivity index (χ2n) is 5.13. The van der Waals surface area contributed by atoms with E-state index in [0.717, 1.165) is 5.56 Å². The molecule has 1 amide bonds. The highest BCUT2D eigenvalue weighted by molar-refractivity contribution is 6.31. The Morgan fingerprint density at radius 3 is 2.54 bits per heavy atom. The number of rotatable bonds is 7. The molecule has 0 atom stereocenters. The number of hydrogen-bond acceptors (Lipinski definition) is 4. The van der Waals surface area contributed by atoms with E-state index in [2.05, 4.69) is 5.32 Å². The number of amides is 1. The Morgan fingerprint density at radius 2 is 1.88 bits per heavy atom. The topological polar surface area (TPSA) is 64.6 Å². The normalized spacial score (nSPS) is 10.1. The van der Waals surface area contributed by atoms with Crippen LogP contribution in [0.15, 0.2) is 42.5 Å². The summed E-state index contributed by atoms with van der Waals surface area (Å²) >= 11 is 6.10. The molecule has 1 N–H and O–H groups in total. The molecule has 0 aliphatic heterocycles. The fourth-order valence-corrected chi connectivity index (χ4v) is 2.20. The van der Waals surface area contributed by atoms with Gasteiger partial charge in [-0.15, -0.1) is 0 Å². The van der Waals surface area contributed by atoms with Gasteiger partial charge < -0.3 is 14.8 Å². The first kappa shape index (κ1) is 17.8. The lowest BCUT2D eigenvalue weighted by molar-refractivity contribution is -0.116. The van der Waals surface area contributed by atoms with Gasteiger partial charge in [-0.2, -0.15) is 0 Å². The molecular weight excluding hydrogens is 330 g/mol. The molecule has 0 aromatic heterocycles. The van der Waals surface area contributed by atoms with E-state index in [0.29, 0.717) is 22.1 Å². The summed E-state index contributed by atoms with van der Waals surface area (Å²) in [4.78, 5) is 22.9. The highest BCUT2D eigenvalue weighted by atomic mass is 35.5. The van der Waals surface area contributed by atoms with Crippen molar-refractivity contribution in [3.63, 3.8) is 0 Å². The van der Waals surface area contributed by atoms with E-state index in [4.69, 9.17) is 21.1 Å². The van der Waals surface area contributed by atoms with E-state index in [-0.39, 0.29) is 24.8 Å². The van der Waals surface area contributed by atoms with Crippen LogP contribution in [0.1, 0.15) is 22.8 Å². The molecule has 0 aliphatic carbocycles. The van der Waals surface area contributed by atoms with Gasteiger partial charge in [0.1, 0.15) is 12.4 Å². The highest BCUT2D eigenvalue weighted by Gasteiger charge is 2.12. The largest absolute Gasteiger partial charge is 0.493 e. The maximum atomic E-state index is 12.0. The van der Waals surface area contributed by atoms with Gasteiger partial charge in [-0.3, -0.25) is 9.59 Å². The molecule has 0 bridgehead atoms. The summed E-state index contributed by atoms with van der Waals surface area (Å²) in [7, 11) is 1.49. The predicted molar refractivity (Wildman–Crippen MR) is 91.8 cm³/mol. The fourth-order valence-electron chi connectivity index (χ4n) is 2.01. The van der Waals surface area contributed by atoms with Gasteiger partial charge in [0.2, 0.25) is 0 Å². The van der Waals surface area contributed by atoms with Crippen molar-refractivity contribution in [3.8, 4) is 11.5 Å². The molecule has 0 fully saturated rings. The average Bonchev–Trinajstić information content (AvgIpc) is 2.58. The van der Waals surface area contributed by atoms with Crippen molar-refractivity contribution in [1.82, 2.24) is 5.32 Å². The number of Topliss-reactive ketones (excluding diaryl/α,β-unsaturated/α-hetero) is 1. The molecule has 0 heterocycles. The molecule has 2 aromatic rings. The van der Waals surface area contributed by atoms with Crippen LogP contribution < -0.4 is 14.8 Å². The van der Waals surface area contributed by atoms with Gasteiger partial charge in [-0.25, -0.2) is 0 Å². The number of carbonyl (C=O) groups excluding carboxylic acids is 2. The van der Waals surface area contributed by atoms with Crippen molar-refractivity contribution in [2.45, 2.75) is 13.5 Å². The zero-order valence-electron chi connectivity index (χ0n) is 13.5. The van der Waals surface area contributed by atoms with E-state index in [1.807, 2.05) is 18.2 Å². The first-order chi connectivity index (χ1) is 11.5. The van der Waals surface area contributed by atoms with Crippen molar-refractivity contribution < 1.29 is 19.1 Å². The lowest BCUT2D eigenvalue weighted by Gasteiger charge is -2.13. The summed E-state index contributed by atoms with van der Waals surface area (Å²) in [6, 6.07) is 12.2. The molecule has 0 saturated carbocycles. The minimum absolute atomic E-state index is 0.00803. The first-order valence-corrected chi connectivity index (χ1v) is 7.71. The molecule has 0 spiro atoms. The highest BCUT2D eigenvalue weighted by Crippen LogP contribution is 2.29. The van der Waals surface area contributed by atoms with E-state index in [1.54, 1.807) is 24.3 Å². The number of benzene rings is 2. The van der Waals surface area contributed by atoms with Crippen molar-refractivity contribution >= 4 is 23.3 Å². The van der Waals surface area contributed by atoms with Gasteiger partial charge in [0.05, 0.1) is 13.7 Å². The summed E-state index contributed by atoms with van der Waals surface area (Å²) in [5.41, 5.74) is 1.24. The Labute approximate surface area is 145 Å². The Kier molecular flexibility index (Phi) is 6.21. The Bertz CT molecular complexity index is 746. The zero-order valence-corrected chi connectivity index (χ0v) is 14.2. The third-order valence-corrected chi connectivity index (χ3v) is 3.63. The molecule has 0 radical (unpaired) electrons. The monoisotopic (exact) mass is 347 g/mol. The van der Waals surface area contributed by atoms with Crippen LogP contribution in [-0.4, -0.2) is 25.3 Å². The van der Waals surface area contributed by atoms with E-state index >= 15 is 0 Å². The summed E-state index contributed by atoms with van der Waals surface area (Å²) < 4.78 is 11.0. The van der Waals surface area contributed by atoms with Crippen LogP contribution in [0.5, 0.6) is 11.5 Å². The maximum Gasteiger partial charge on any atom is 0.251 e. The van der Waals surface area contributed by atoms with Crippen LogP contribution in [0, 0.1) is 0 Å². The quantitative estimate of drug-likeness (QED) is 0.835. The number of ketones is 1. The van der Waals surface area contributed by atoms with Crippen LogP contribution in [0.3, 0.4) is 0 Å². The maximum absolute atomic E-state index is 12.0. The van der Waals surface area contributed by atoms with E-state index in [9.17, 15) is 9.59 Å². The fraction of sp³-hybridized carbons (Fsp3) is 0.222. The molecule has 126 valence electrons. The third kappa shape index (κ3) is 4.73. The van der Waals surface area contributed by atoms with Crippen LogP contribution in [0.2, 0.25) is 5.02 Å². The summed E-state index contributed by atoms with van der Waals surface area (Å²) in [5.74, 6) is 0.467. The van der Waals surface area contributed by atoms with Gasteiger partial charge in [-0.1, -0.05) is 29.8 Å². The number of hydrogen-bond donors (Lipinski definition) is 1. The van der Waals surface area contributed by atoms with Crippen LogP contribution in [0.4, 0.5) is 0 Å². The van der Waals surface area contributed by atoms with Gasteiger partial charge in [0.25, 0.3) is 5.91 Å². The standard InChI is InChI=1S/C18H18ClNO4/c1-12(21)10-20-18(22)13-7-8-16(17(9-13)23-2)24-11-14-5-3-4-6-15(14)19/h3-9H,10-11H2,1-2H3,(H,20,22). The molecule has 0 unspecified atom stereocenters. The van der Waals surface area contributed by atoms with Crippen molar-refractivity contribution in [3.05, 3.63) is 58.6 Å². The molecular formula is C18H18ClNO4. The van der Waals surface area contributed by atoms with Gasteiger partial charge >= 0.3 is 0 Å². The van der Waals surface area contributed by atoms with Crippen LogP contribution >= 0.6 is 11.6 Å². The molecule has 2 rings (SSSR count). The molecule has 5 nitrogen and oxygen atoms in total. The minimum atomic E-state index is -0.346. The lowest BCUT2D eigenvalue weighted by Crippen LogP contribution is -2.28. The third-order valence-electron chi connectivity index (χ3n) is 3.26. The van der Waals surface area contributed by atoms with E-state index in [1.165, 1.54) is 14.0 Å². The predicted octanol–water partition coefficient (Wildman–Crippen LogP) is 3.25. The number of ether oxygens (including phenoxy) is 2. The average molecular weight is 348 g/mol. The Morgan fingerprint density at radius 1 is 1.12 bits per heavy atom. The SMILES string of the molecule is COc1cc(C(=O)NCC(C)=O)ccc1OCc1ccccc1Cl. The smallest absolute Gasteiger partial charge is 0.251 e. The summed E-state index contributed by atoms with van der Waals surface area (Å²) in [6.07, 6.45) is 0. The molecule has 24 heavy (non-hydrogen) atoms. The summed E-state index contributed by atoms with van der Waals surface area (Å²) in [5, 5.41) is 3.15. The minimum Gasteiger partial charge on any atom is -0.493 e. The van der Waals surface area contributed by atoms with Crippen LogP contribution in [0.25, 0.3) is 0 Å². The molecule has 2 aromatic carbocycles. The summed E-state index contributed by atoms with van der Waals surface area (Å²) in [6.45, 7) is 1.68. The second kappa shape index (κ2) is 8.36. The Hall–Kier alpha value is -2.53. The van der Waals surface area contributed by atoms with Gasteiger partial charge in [0, 0.05) is 16.1 Å². The van der Waals surface area contributed by atoms with Crippen molar-refractivity contribution in [2.75, 3.05) is 13.7 Å². The number of carbonyl (C=O) groups is 2. The molecule has 0 aliphatic rings. The lowest BCUT2D eigenvalue weighted by atomic mass is 10.2. The number of nitrogens with one attached hydrogen (secondary N) is 1. The Balaban J connectivity index is 2.10. The van der Waals surface area contributed by atoms with Crippen LogP contribution in [-0.2, 0) is 11.4 Å². The number of halogens is 1. The molecule has 6 heteroatoms.